The average molecular weight is 563 g/mol. The van der Waals surface area contributed by atoms with Gasteiger partial charge in [-0.1, -0.05) is 47.6 Å². The summed E-state index contributed by atoms with van der Waals surface area (Å²) in [6.45, 7) is 17.4. The third-order valence-electron chi connectivity index (χ3n) is 7.93. The Labute approximate surface area is 246 Å². The van der Waals surface area contributed by atoms with Crippen LogP contribution in [0.1, 0.15) is 89.6 Å². The van der Waals surface area contributed by atoms with Gasteiger partial charge in [0.25, 0.3) is 0 Å². The van der Waals surface area contributed by atoms with E-state index in [-0.39, 0.29) is 10.8 Å². The standard InChI is InChI=1S/C34H50N4O3/c1-33(2,3)28-18-26(19-29(31(28)39)34(4,5)6)32-37-27(23-41-32)14-17-40-30-13-12-25(21-36-30)22-38(7)16-9-11-24-10-8-15-35-20-24/h12-13,18-19,21,23-24,35,39H,8-11,14-17,20,22H2,1-7H3. The fourth-order valence-electron chi connectivity index (χ4n) is 5.52. The third kappa shape index (κ3) is 8.79. The Morgan fingerprint density at radius 1 is 1.10 bits per heavy atom. The number of nitrogens with zero attached hydrogens (tertiary/aromatic N) is 3. The lowest BCUT2D eigenvalue weighted by molar-refractivity contribution is 0.286. The maximum absolute atomic E-state index is 11.0. The predicted molar refractivity (Wildman–Crippen MR) is 166 cm³/mol. The first-order chi connectivity index (χ1) is 19.4. The van der Waals surface area contributed by atoms with Crippen molar-refractivity contribution in [2.24, 2.45) is 5.92 Å². The maximum atomic E-state index is 11.0. The van der Waals surface area contributed by atoms with Gasteiger partial charge < -0.3 is 24.5 Å². The summed E-state index contributed by atoms with van der Waals surface area (Å²) in [5.74, 6) is 2.37. The van der Waals surface area contributed by atoms with Crippen molar-refractivity contribution >= 4 is 0 Å². The maximum Gasteiger partial charge on any atom is 0.226 e. The highest BCUT2D eigenvalue weighted by Crippen LogP contribution is 2.41. The molecule has 41 heavy (non-hydrogen) atoms. The number of hydrogen-bond donors (Lipinski definition) is 2. The van der Waals surface area contributed by atoms with Crippen LogP contribution in [-0.4, -0.2) is 53.3 Å². The minimum absolute atomic E-state index is 0.215. The molecule has 0 spiro atoms. The van der Waals surface area contributed by atoms with Gasteiger partial charge >= 0.3 is 0 Å². The van der Waals surface area contributed by atoms with Crippen molar-refractivity contribution in [2.75, 3.05) is 33.3 Å². The molecule has 1 aliphatic rings. The van der Waals surface area contributed by atoms with E-state index < -0.39 is 0 Å². The lowest BCUT2D eigenvalue weighted by Gasteiger charge is -2.27. The van der Waals surface area contributed by atoms with Crippen molar-refractivity contribution in [3.63, 3.8) is 0 Å². The lowest BCUT2D eigenvalue weighted by atomic mass is 9.78. The SMILES string of the molecule is CN(CCCC1CCCNC1)Cc1ccc(OCCc2coc(-c3cc(C(C)(C)C)c(O)c(C(C)(C)C)c3)n2)nc1. The number of nitrogens with one attached hydrogen (secondary N) is 1. The molecular formula is C34H50N4O3. The van der Waals surface area contributed by atoms with Crippen LogP contribution < -0.4 is 10.1 Å². The number of pyridine rings is 1. The minimum atomic E-state index is -0.215. The minimum Gasteiger partial charge on any atom is -0.507 e. The van der Waals surface area contributed by atoms with Crippen LogP contribution in [0.5, 0.6) is 11.6 Å². The molecule has 0 saturated carbocycles. The number of piperidine rings is 1. The van der Waals surface area contributed by atoms with Gasteiger partial charge in [0.05, 0.1) is 12.3 Å². The van der Waals surface area contributed by atoms with Crippen LogP contribution in [0.3, 0.4) is 0 Å². The number of rotatable bonds is 11. The second-order valence-electron chi connectivity index (χ2n) is 13.8. The number of hydrogen-bond acceptors (Lipinski definition) is 7. The van der Waals surface area contributed by atoms with Crippen molar-refractivity contribution in [1.29, 1.82) is 0 Å². The van der Waals surface area contributed by atoms with Gasteiger partial charge in [-0.3, -0.25) is 0 Å². The van der Waals surface area contributed by atoms with Gasteiger partial charge in [-0.15, -0.1) is 0 Å². The van der Waals surface area contributed by atoms with Gasteiger partial charge in [0.1, 0.15) is 12.0 Å². The van der Waals surface area contributed by atoms with E-state index in [1.807, 2.05) is 24.4 Å². The van der Waals surface area contributed by atoms with Crippen LogP contribution in [0.4, 0.5) is 0 Å². The molecule has 1 atom stereocenters. The van der Waals surface area contributed by atoms with Gasteiger partial charge in [0.2, 0.25) is 11.8 Å². The number of oxazole rings is 1. The van der Waals surface area contributed by atoms with Crippen LogP contribution in [-0.2, 0) is 23.8 Å². The number of benzene rings is 1. The summed E-state index contributed by atoms with van der Waals surface area (Å²) in [7, 11) is 2.18. The number of phenolic OH excluding ortho intramolecular Hbond substituents is 1. The van der Waals surface area contributed by atoms with Crippen LogP contribution >= 0.6 is 0 Å². The Morgan fingerprint density at radius 2 is 1.83 bits per heavy atom. The van der Waals surface area contributed by atoms with Gasteiger partial charge in [-0.2, -0.15) is 0 Å². The fraction of sp³-hybridized carbons (Fsp3) is 0.588. The van der Waals surface area contributed by atoms with Gasteiger partial charge in [0, 0.05) is 41.9 Å². The second kappa shape index (κ2) is 13.4. The monoisotopic (exact) mass is 562 g/mol. The van der Waals surface area contributed by atoms with Gasteiger partial charge in [-0.05, 0) is 86.8 Å². The van der Waals surface area contributed by atoms with E-state index in [0.717, 1.165) is 41.4 Å². The first-order valence-electron chi connectivity index (χ1n) is 15.2. The van der Waals surface area contributed by atoms with Crippen LogP contribution in [0, 0.1) is 5.92 Å². The lowest BCUT2D eigenvalue weighted by Crippen LogP contribution is -2.30. The van der Waals surface area contributed by atoms with Crippen LogP contribution in [0.2, 0.25) is 0 Å². The Bertz CT molecular complexity index is 1210. The molecule has 1 aliphatic heterocycles. The second-order valence-corrected chi connectivity index (χ2v) is 13.8. The number of phenols is 1. The molecule has 7 heteroatoms. The van der Waals surface area contributed by atoms with Crippen molar-refractivity contribution in [3.05, 3.63) is 59.1 Å². The van der Waals surface area contributed by atoms with E-state index >= 15 is 0 Å². The quantitative estimate of drug-likeness (QED) is 0.264. The molecule has 1 fully saturated rings. The van der Waals surface area contributed by atoms with Crippen molar-refractivity contribution in [1.82, 2.24) is 20.2 Å². The van der Waals surface area contributed by atoms with Crippen molar-refractivity contribution in [3.8, 4) is 23.1 Å². The van der Waals surface area contributed by atoms with Gasteiger partial charge in [-0.25, -0.2) is 9.97 Å². The third-order valence-corrected chi connectivity index (χ3v) is 7.93. The Morgan fingerprint density at radius 3 is 2.44 bits per heavy atom. The Kier molecular flexibility index (Phi) is 10.1. The number of ether oxygens (including phenoxy) is 1. The molecule has 0 radical (unpaired) electrons. The average Bonchev–Trinajstić information content (AvgIpc) is 3.38. The summed E-state index contributed by atoms with van der Waals surface area (Å²) in [5.41, 5.74) is 4.24. The highest BCUT2D eigenvalue weighted by molar-refractivity contribution is 5.63. The summed E-state index contributed by atoms with van der Waals surface area (Å²) in [5, 5.41) is 14.5. The zero-order valence-electron chi connectivity index (χ0n) is 26.2. The van der Waals surface area contributed by atoms with E-state index in [2.05, 4.69) is 69.9 Å². The first kappa shape index (κ1) is 31.0. The van der Waals surface area contributed by atoms with Crippen molar-refractivity contribution in [2.45, 2.75) is 91.0 Å². The Hall–Kier alpha value is -2.90. The molecule has 224 valence electrons. The summed E-state index contributed by atoms with van der Waals surface area (Å²) in [6.07, 6.45) is 9.45. The summed E-state index contributed by atoms with van der Waals surface area (Å²) in [6, 6.07) is 8.04. The molecule has 2 N–H and O–H groups in total. The summed E-state index contributed by atoms with van der Waals surface area (Å²) in [4.78, 5) is 11.6. The molecule has 0 bridgehead atoms. The molecule has 4 rings (SSSR count). The number of aromatic hydroxyl groups is 1. The first-order valence-corrected chi connectivity index (χ1v) is 15.2. The van der Waals surface area contributed by atoms with Crippen LogP contribution in [0.15, 0.2) is 41.1 Å². The fourth-order valence-corrected chi connectivity index (χ4v) is 5.52. The van der Waals surface area contributed by atoms with Gasteiger partial charge in [0.15, 0.2) is 0 Å². The molecule has 3 aromatic rings. The molecule has 7 nitrogen and oxygen atoms in total. The molecule has 0 amide bonds. The van der Waals surface area contributed by atoms with Crippen molar-refractivity contribution < 1.29 is 14.3 Å². The highest BCUT2D eigenvalue weighted by atomic mass is 16.5. The summed E-state index contributed by atoms with van der Waals surface area (Å²) < 4.78 is 11.8. The van der Waals surface area contributed by atoms with Crippen LogP contribution in [0.25, 0.3) is 11.5 Å². The zero-order valence-corrected chi connectivity index (χ0v) is 26.2. The van der Waals surface area contributed by atoms with E-state index in [0.29, 0.717) is 30.5 Å². The normalized spacial score (nSPS) is 16.3. The number of aromatic nitrogens is 2. The topological polar surface area (TPSA) is 83.7 Å². The molecule has 1 unspecified atom stereocenters. The zero-order chi connectivity index (χ0) is 29.6. The Balaban J connectivity index is 1.28. The molecular weight excluding hydrogens is 512 g/mol. The van der Waals surface area contributed by atoms with E-state index in [1.165, 1.54) is 44.3 Å². The predicted octanol–water partition coefficient (Wildman–Crippen LogP) is 6.87. The summed E-state index contributed by atoms with van der Waals surface area (Å²) >= 11 is 0. The van der Waals surface area contributed by atoms with E-state index in [4.69, 9.17) is 14.1 Å². The highest BCUT2D eigenvalue weighted by Gasteiger charge is 2.27. The largest absolute Gasteiger partial charge is 0.507 e. The van der Waals surface area contributed by atoms with E-state index in [1.54, 1.807) is 6.26 Å². The molecule has 0 aliphatic carbocycles. The molecule has 3 heterocycles. The molecule has 1 saturated heterocycles. The molecule has 2 aromatic heterocycles. The van der Waals surface area contributed by atoms with E-state index in [9.17, 15) is 5.11 Å². The molecule has 1 aromatic carbocycles. The smallest absolute Gasteiger partial charge is 0.226 e.